The molecule has 0 bridgehead atoms. The Balaban J connectivity index is 1.82. The fourth-order valence-corrected chi connectivity index (χ4v) is 2.39. The Kier molecular flexibility index (Phi) is 7.08. The van der Waals surface area contributed by atoms with Gasteiger partial charge in [-0.25, -0.2) is 0 Å². The number of nitrogens with one attached hydrogen (secondary N) is 2. The number of rotatable bonds is 7. The molecule has 0 aromatic heterocycles. The van der Waals surface area contributed by atoms with Crippen molar-refractivity contribution in [2.45, 2.75) is 26.9 Å². The first-order valence-corrected chi connectivity index (χ1v) is 8.93. The Hall–Kier alpha value is -3.68. The van der Waals surface area contributed by atoms with E-state index >= 15 is 0 Å². The van der Waals surface area contributed by atoms with E-state index in [0.717, 1.165) is 11.1 Å². The second-order valence-electron chi connectivity index (χ2n) is 6.54. The Labute approximate surface area is 168 Å². The molecular formula is C21H23N3O5. The second-order valence-corrected chi connectivity index (χ2v) is 6.54. The van der Waals surface area contributed by atoms with E-state index in [1.165, 1.54) is 31.2 Å². The lowest BCUT2D eigenvalue weighted by Crippen LogP contribution is -2.35. The maximum Gasteiger partial charge on any atom is 0.326 e. The molecule has 29 heavy (non-hydrogen) atoms. The summed E-state index contributed by atoms with van der Waals surface area (Å²) in [6.07, 6.45) is -1.07. The molecule has 8 heteroatoms. The molecule has 2 aromatic carbocycles. The van der Waals surface area contributed by atoms with Crippen LogP contribution in [0.5, 0.6) is 0 Å². The van der Waals surface area contributed by atoms with Gasteiger partial charge in [-0.1, -0.05) is 6.07 Å². The number of ether oxygens (including phenoxy) is 1. The van der Waals surface area contributed by atoms with Crippen molar-refractivity contribution >= 4 is 29.4 Å². The summed E-state index contributed by atoms with van der Waals surface area (Å²) in [6, 6.07) is 11.2. The van der Waals surface area contributed by atoms with Gasteiger partial charge in [0.2, 0.25) is 5.91 Å². The van der Waals surface area contributed by atoms with Gasteiger partial charge in [0.25, 0.3) is 11.8 Å². The first kappa shape index (κ1) is 21.6. The number of amides is 3. The van der Waals surface area contributed by atoms with Gasteiger partial charge in [-0.05, 0) is 68.3 Å². The van der Waals surface area contributed by atoms with Gasteiger partial charge in [-0.15, -0.1) is 0 Å². The van der Waals surface area contributed by atoms with Crippen LogP contribution in [-0.4, -0.2) is 36.3 Å². The molecule has 0 aliphatic rings. The molecule has 0 aliphatic heterocycles. The van der Waals surface area contributed by atoms with Crippen LogP contribution in [0.25, 0.3) is 0 Å². The fourth-order valence-electron chi connectivity index (χ4n) is 2.39. The monoisotopic (exact) mass is 397 g/mol. The molecule has 0 radical (unpaired) electrons. The van der Waals surface area contributed by atoms with E-state index in [1.807, 2.05) is 19.9 Å². The van der Waals surface area contributed by atoms with Crippen LogP contribution < -0.4 is 16.4 Å². The number of aryl methyl sites for hydroxylation is 2. The number of nitrogens with two attached hydrogens (primary N) is 1. The topological polar surface area (TPSA) is 128 Å². The number of benzene rings is 2. The minimum absolute atomic E-state index is 0.307. The summed E-state index contributed by atoms with van der Waals surface area (Å²) in [5, 5.41) is 5.03. The van der Waals surface area contributed by atoms with Crippen molar-refractivity contribution in [1.82, 2.24) is 5.32 Å². The predicted octanol–water partition coefficient (Wildman–Crippen LogP) is 1.70. The molecule has 0 heterocycles. The standard InChI is InChI=1S/C21H23N3O5/c1-12-4-5-16(10-13(12)2)21(28)23-11-18(25)29-14(3)20(27)24-17-8-6-15(7-9-17)19(22)26/h4-10,14H,11H2,1-3H3,(H2,22,26)(H,23,28)(H,24,27)/t14-/m0/s1. The number of hydrogen-bond donors (Lipinski definition) is 3. The van der Waals surface area contributed by atoms with Crippen molar-refractivity contribution in [2.75, 3.05) is 11.9 Å². The maximum absolute atomic E-state index is 12.1. The van der Waals surface area contributed by atoms with Crippen LogP contribution in [0.2, 0.25) is 0 Å². The molecule has 2 rings (SSSR count). The maximum atomic E-state index is 12.1. The first-order valence-electron chi connectivity index (χ1n) is 8.93. The number of esters is 1. The summed E-state index contributed by atoms with van der Waals surface area (Å²) in [5.74, 6) is -2.27. The minimum Gasteiger partial charge on any atom is -0.451 e. The molecular weight excluding hydrogens is 374 g/mol. The van der Waals surface area contributed by atoms with Crippen LogP contribution in [0.1, 0.15) is 38.8 Å². The molecule has 0 saturated carbocycles. The van der Waals surface area contributed by atoms with E-state index in [4.69, 9.17) is 10.5 Å². The summed E-state index contributed by atoms with van der Waals surface area (Å²) < 4.78 is 5.04. The highest BCUT2D eigenvalue weighted by Gasteiger charge is 2.19. The van der Waals surface area contributed by atoms with Crippen molar-refractivity contribution in [3.63, 3.8) is 0 Å². The Morgan fingerprint density at radius 3 is 2.17 bits per heavy atom. The normalized spacial score (nSPS) is 11.3. The highest BCUT2D eigenvalue weighted by molar-refractivity contribution is 5.98. The fraction of sp³-hybridized carbons (Fsp3) is 0.238. The van der Waals surface area contributed by atoms with Gasteiger partial charge in [0.05, 0.1) is 0 Å². The highest BCUT2D eigenvalue weighted by Crippen LogP contribution is 2.11. The van der Waals surface area contributed by atoms with E-state index in [1.54, 1.807) is 12.1 Å². The van der Waals surface area contributed by atoms with Crippen LogP contribution in [0, 0.1) is 13.8 Å². The summed E-state index contributed by atoms with van der Waals surface area (Å²) in [5.41, 5.74) is 8.35. The van der Waals surface area contributed by atoms with Crippen molar-refractivity contribution < 1.29 is 23.9 Å². The van der Waals surface area contributed by atoms with Gasteiger partial charge in [0.1, 0.15) is 6.54 Å². The Morgan fingerprint density at radius 2 is 1.59 bits per heavy atom. The van der Waals surface area contributed by atoms with Crippen LogP contribution >= 0.6 is 0 Å². The van der Waals surface area contributed by atoms with E-state index < -0.39 is 29.8 Å². The van der Waals surface area contributed by atoms with Gasteiger partial charge in [0, 0.05) is 16.8 Å². The average Bonchev–Trinajstić information content (AvgIpc) is 2.68. The minimum atomic E-state index is -1.07. The summed E-state index contributed by atoms with van der Waals surface area (Å²) in [4.78, 5) is 47.2. The molecule has 3 amide bonds. The van der Waals surface area contributed by atoms with Crippen LogP contribution in [0.3, 0.4) is 0 Å². The molecule has 0 saturated heterocycles. The third kappa shape index (κ3) is 6.17. The van der Waals surface area contributed by atoms with Crippen molar-refractivity contribution in [1.29, 1.82) is 0 Å². The summed E-state index contributed by atoms with van der Waals surface area (Å²) in [6.45, 7) is 4.88. The second kappa shape index (κ2) is 9.50. The molecule has 0 fully saturated rings. The predicted molar refractivity (Wildman–Crippen MR) is 107 cm³/mol. The molecule has 152 valence electrons. The van der Waals surface area contributed by atoms with E-state index in [0.29, 0.717) is 16.8 Å². The zero-order valence-electron chi connectivity index (χ0n) is 16.4. The molecule has 0 spiro atoms. The van der Waals surface area contributed by atoms with E-state index in [-0.39, 0.29) is 6.54 Å². The molecule has 2 aromatic rings. The third-order valence-electron chi connectivity index (χ3n) is 4.28. The van der Waals surface area contributed by atoms with Gasteiger partial charge >= 0.3 is 5.97 Å². The zero-order chi connectivity index (χ0) is 21.6. The smallest absolute Gasteiger partial charge is 0.326 e. The number of primary amides is 1. The number of carbonyl (C=O) groups excluding carboxylic acids is 4. The van der Waals surface area contributed by atoms with Gasteiger partial charge in [-0.3, -0.25) is 19.2 Å². The summed E-state index contributed by atoms with van der Waals surface area (Å²) >= 11 is 0. The third-order valence-corrected chi connectivity index (χ3v) is 4.28. The number of hydrogen-bond acceptors (Lipinski definition) is 5. The van der Waals surface area contributed by atoms with Crippen molar-refractivity contribution in [3.05, 3.63) is 64.7 Å². The van der Waals surface area contributed by atoms with Gasteiger partial charge in [-0.2, -0.15) is 0 Å². The van der Waals surface area contributed by atoms with Gasteiger partial charge < -0.3 is 21.1 Å². The van der Waals surface area contributed by atoms with Crippen LogP contribution in [0.15, 0.2) is 42.5 Å². The van der Waals surface area contributed by atoms with Crippen molar-refractivity contribution in [3.8, 4) is 0 Å². The number of carbonyl (C=O) groups is 4. The van der Waals surface area contributed by atoms with E-state index in [9.17, 15) is 19.2 Å². The number of anilines is 1. The Bertz CT molecular complexity index is 938. The Morgan fingerprint density at radius 1 is 0.966 bits per heavy atom. The lowest BCUT2D eigenvalue weighted by atomic mass is 10.1. The van der Waals surface area contributed by atoms with Crippen LogP contribution in [0.4, 0.5) is 5.69 Å². The summed E-state index contributed by atoms with van der Waals surface area (Å²) in [7, 11) is 0. The molecule has 0 unspecified atom stereocenters. The molecule has 0 aliphatic carbocycles. The van der Waals surface area contributed by atoms with Gasteiger partial charge in [0.15, 0.2) is 6.10 Å². The lowest BCUT2D eigenvalue weighted by molar-refractivity contribution is -0.152. The highest BCUT2D eigenvalue weighted by atomic mass is 16.5. The van der Waals surface area contributed by atoms with E-state index in [2.05, 4.69) is 10.6 Å². The lowest BCUT2D eigenvalue weighted by Gasteiger charge is -2.14. The first-order chi connectivity index (χ1) is 13.7. The SMILES string of the molecule is Cc1ccc(C(=O)NCC(=O)O[C@@H](C)C(=O)Nc2ccc(C(N)=O)cc2)cc1C. The molecule has 1 atom stereocenters. The average molecular weight is 397 g/mol. The van der Waals surface area contributed by atoms with Crippen LogP contribution in [-0.2, 0) is 14.3 Å². The molecule has 8 nitrogen and oxygen atoms in total. The largest absolute Gasteiger partial charge is 0.451 e. The quantitative estimate of drug-likeness (QED) is 0.613. The van der Waals surface area contributed by atoms with Crippen molar-refractivity contribution in [2.24, 2.45) is 5.73 Å². The zero-order valence-corrected chi connectivity index (χ0v) is 16.4. The molecule has 4 N–H and O–H groups in total.